The first kappa shape index (κ1) is 18.3. The summed E-state index contributed by atoms with van der Waals surface area (Å²) in [5, 5.41) is 4.07. The fraction of sp³-hybridized carbons (Fsp3) is 0.133. The molecule has 0 unspecified atom stereocenters. The van der Waals surface area contributed by atoms with Gasteiger partial charge in [-0.25, -0.2) is 5.43 Å². The topological polar surface area (TPSA) is 90.8 Å². The molecule has 0 radical (unpaired) electrons. The van der Waals surface area contributed by atoms with Crippen LogP contribution in [0.25, 0.3) is 0 Å². The molecule has 1 aromatic heterocycles. The standard InChI is InChI=1S/C15H13Cl3N4O2/c1-7(8-4-3-5-9(6-8)24-2)21-22-15(23)13-10(16)12(19)11(17)14(18)20-13/h3-6H,1-2H3,(H2,19,20)(H,22,23)/p+1/b21-7-. The number of carbonyl (C=O) groups excluding carboxylic acids is 1. The number of nitrogens with one attached hydrogen (secondary N) is 2. The van der Waals surface area contributed by atoms with Crippen molar-refractivity contribution in [2.75, 3.05) is 12.8 Å². The van der Waals surface area contributed by atoms with E-state index in [-0.39, 0.29) is 26.6 Å². The van der Waals surface area contributed by atoms with E-state index < -0.39 is 5.91 Å². The van der Waals surface area contributed by atoms with E-state index in [1.54, 1.807) is 20.1 Å². The third-order valence-electron chi connectivity index (χ3n) is 3.16. The Morgan fingerprint density at radius 2 is 2.00 bits per heavy atom. The molecule has 24 heavy (non-hydrogen) atoms. The van der Waals surface area contributed by atoms with Crippen LogP contribution < -0.4 is 20.9 Å². The largest absolute Gasteiger partial charge is 0.497 e. The van der Waals surface area contributed by atoms with Crippen molar-refractivity contribution < 1.29 is 14.5 Å². The molecule has 126 valence electrons. The summed E-state index contributed by atoms with van der Waals surface area (Å²) in [5.41, 5.74) is 9.43. The van der Waals surface area contributed by atoms with Crippen molar-refractivity contribution in [3.63, 3.8) is 0 Å². The Labute approximate surface area is 153 Å². The van der Waals surface area contributed by atoms with Crippen LogP contribution in [-0.4, -0.2) is 18.7 Å². The molecule has 0 bridgehead atoms. The van der Waals surface area contributed by atoms with Gasteiger partial charge in [-0.1, -0.05) is 35.3 Å². The highest BCUT2D eigenvalue weighted by Crippen LogP contribution is 2.31. The van der Waals surface area contributed by atoms with Crippen molar-refractivity contribution in [3.8, 4) is 5.75 Å². The molecule has 4 N–H and O–H groups in total. The van der Waals surface area contributed by atoms with Gasteiger partial charge in [-0.15, -0.1) is 0 Å². The number of hydrazone groups is 1. The lowest BCUT2D eigenvalue weighted by Crippen LogP contribution is -2.29. The van der Waals surface area contributed by atoms with Crippen molar-refractivity contribution in [1.29, 1.82) is 0 Å². The minimum absolute atomic E-state index is 0.0113. The number of benzene rings is 1. The molecule has 0 fully saturated rings. The smallest absolute Gasteiger partial charge is 0.337 e. The Morgan fingerprint density at radius 1 is 1.29 bits per heavy atom. The number of nitrogen functional groups attached to an aromatic ring is 1. The molecule has 0 atom stereocenters. The summed E-state index contributed by atoms with van der Waals surface area (Å²) in [6.07, 6.45) is 0. The second kappa shape index (κ2) is 7.70. The van der Waals surface area contributed by atoms with Gasteiger partial charge >= 0.3 is 5.91 Å². The molecule has 0 aliphatic rings. The molecule has 0 aliphatic heterocycles. The molecule has 0 saturated heterocycles. The number of pyridine rings is 1. The zero-order chi connectivity index (χ0) is 17.9. The first-order valence-corrected chi connectivity index (χ1v) is 7.82. The van der Waals surface area contributed by atoms with E-state index in [1.165, 1.54) is 0 Å². The normalized spacial score (nSPS) is 11.3. The molecule has 2 rings (SSSR count). The molecule has 6 nitrogen and oxygen atoms in total. The van der Waals surface area contributed by atoms with Crippen molar-refractivity contribution in [2.24, 2.45) is 5.10 Å². The van der Waals surface area contributed by atoms with Crippen molar-refractivity contribution in [3.05, 3.63) is 50.7 Å². The predicted molar refractivity (Wildman–Crippen MR) is 95.1 cm³/mol. The maximum atomic E-state index is 12.2. The van der Waals surface area contributed by atoms with Crippen LogP contribution in [0.4, 0.5) is 5.69 Å². The molecule has 0 saturated carbocycles. The van der Waals surface area contributed by atoms with Crippen LogP contribution in [-0.2, 0) is 0 Å². The van der Waals surface area contributed by atoms with Crippen molar-refractivity contribution in [1.82, 2.24) is 5.43 Å². The van der Waals surface area contributed by atoms with Gasteiger partial charge in [-0.05, 0) is 30.7 Å². The summed E-state index contributed by atoms with van der Waals surface area (Å²) in [5.74, 6) is 0.0783. The van der Waals surface area contributed by atoms with Gasteiger partial charge in [0.05, 0.1) is 18.5 Å². The van der Waals surface area contributed by atoms with Gasteiger partial charge in [0.2, 0.25) is 0 Å². The monoisotopic (exact) mass is 387 g/mol. The summed E-state index contributed by atoms with van der Waals surface area (Å²) < 4.78 is 5.15. The summed E-state index contributed by atoms with van der Waals surface area (Å²) in [7, 11) is 1.57. The Balaban J connectivity index is 2.24. The summed E-state index contributed by atoms with van der Waals surface area (Å²) in [4.78, 5) is 14.8. The van der Waals surface area contributed by atoms with Gasteiger partial charge in [0.15, 0.2) is 0 Å². The Hall–Kier alpha value is -2.02. The molecular formula is C15H14Cl3N4O2+. The number of amides is 1. The number of hydrogen-bond acceptors (Lipinski definition) is 4. The maximum absolute atomic E-state index is 12.2. The molecule has 1 aromatic carbocycles. The minimum atomic E-state index is -0.604. The van der Waals surface area contributed by atoms with Crippen LogP contribution in [0.3, 0.4) is 0 Å². The second-order valence-electron chi connectivity index (χ2n) is 4.73. The van der Waals surface area contributed by atoms with E-state index in [9.17, 15) is 4.79 Å². The highest BCUT2D eigenvalue weighted by Gasteiger charge is 2.25. The van der Waals surface area contributed by atoms with Gasteiger partial charge < -0.3 is 10.5 Å². The lowest BCUT2D eigenvalue weighted by atomic mass is 10.1. The van der Waals surface area contributed by atoms with Crippen LogP contribution in [0.5, 0.6) is 5.75 Å². The quantitative estimate of drug-likeness (QED) is 0.478. The van der Waals surface area contributed by atoms with Crippen LogP contribution in [0, 0.1) is 0 Å². The first-order valence-electron chi connectivity index (χ1n) is 6.69. The number of ether oxygens (including phenoxy) is 1. The SMILES string of the molecule is COc1cccc(/C(C)=N\NC(=O)c2[nH+]c(Cl)c(Cl)c(N)c2Cl)c1. The third kappa shape index (κ3) is 3.90. The van der Waals surface area contributed by atoms with Crippen LogP contribution >= 0.6 is 34.8 Å². The Bertz CT molecular complexity index is 825. The van der Waals surface area contributed by atoms with E-state index >= 15 is 0 Å². The van der Waals surface area contributed by atoms with Crippen molar-refractivity contribution in [2.45, 2.75) is 6.92 Å². The number of nitrogens with zero attached hydrogens (tertiary/aromatic N) is 1. The first-order chi connectivity index (χ1) is 11.3. The number of carbonyl (C=O) groups is 1. The van der Waals surface area contributed by atoms with Crippen LogP contribution in [0.2, 0.25) is 15.2 Å². The number of aromatic nitrogens is 1. The average Bonchev–Trinajstić information content (AvgIpc) is 2.60. The highest BCUT2D eigenvalue weighted by atomic mass is 35.5. The second-order valence-corrected chi connectivity index (χ2v) is 5.86. The molecule has 1 amide bonds. The van der Waals surface area contributed by atoms with Gasteiger partial charge in [0, 0.05) is 5.56 Å². The molecular weight excluding hydrogens is 375 g/mol. The Morgan fingerprint density at radius 3 is 2.67 bits per heavy atom. The number of nitrogens with two attached hydrogens (primary N) is 1. The fourth-order valence-electron chi connectivity index (χ4n) is 1.83. The van der Waals surface area contributed by atoms with Gasteiger partial charge in [0.25, 0.3) is 10.8 Å². The van der Waals surface area contributed by atoms with Crippen molar-refractivity contribution >= 4 is 52.1 Å². The molecule has 0 aliphatic carbocycles. The predicted octanol–water partition coefficient (Wildman–Crippen LogP) is 3.21. The number of H-pyrrole nitrogens is 1. The molecule has 2 aromatic rings. The Kier molecular flexibility index (Phi) is 5.88. The van der Waals surface area contributed by atoms with Gasteiger partial charge in [-0.3, -0.25) is 4.79 Å². The number of methoxy groups -OCH3 is 1. The van der Waals surface area contributed by atoms with Crippen LogP contribution in [0.1, 0.15) is 23.0 Å². The van der Waals surface area contributed by atoms with E-state index in [1.807, 2.05) is 18.2 Å². The zero-order valence-electron chi connectivity index (χ0n) is 12.8. The average molecular weight is 389 g/mol. The minimum Gasteiger partial charge on any atom is -0.497 e. The van der Waals surface area contributed by atoms with Gasteiger partial charge in [-0.2, -0.15) is 10.1 Å². The number of halogens is 3. The summed E-state index contributed by atoms with van der Waals surface area (Å²) in [6.45, 7) is 1.74. The summed E-state index contributed by atoms with van der Waals surface area (Å²) >= 11 is 17.7. The van der Waals surface area contributed by atoms with Crippen LogP contribution in [0.15, 0.2) is 29.4 Å². The molecule has 1 heterocycles. The summed E-state index contributed by atoms with van der Waals surface area (Å²) in [6, 6.07) is 7.26. The molecule has 9 heteroatoms. The number of hydrogen-bond donors (Lipinski definition) is 2. The number of aromatic amines is 1. The lowest BCUT2D eigenvalue weighted by Gasteiger charge is -2.05. The van der Waals surface area contributed by atoms with E-state index in [4.69, 9.17) is 45.3 Å². The third-order valence-corrected chi connectivity index (χ3v) is 4.32. The lowest BCUT2D eigenvalue weighted by molar-refractivity contribution is -0.379. The van der Waals surface area contributed by atoms with E-state index in [0.29, 0.717) is 11.5 Å². The maximum Gasteiger partial charge on any atom is 0.337 e. The highest BCUT2D eigenvalue weighted by molar-refractivity contribution is 6.45. The number of anilines is 1. The van der Waals surface area contributed by atoms with E-state index in [2.05, 4.69) is 15.5 Å². The molecule has 0 spiro atoms. The fourth-order valence-corrected chi connectivity index (χ4v) is 2.44. The van der Waals surface area contributed by atoms with Gasteiger partial charge in [0.1, 0.15) is 15.8 Å². The van der Waals surface area contributed by atoms with E-state index in [0.717, 1.165) is 5.56 Å². The zero-order valence-corrected chi connectivity index (χ0v) is 15.1. The number of rotatable bonds is 4.